The van der Waals surface area contributed by atoms with E-state index in [1.807, 2.05) is 30.3 Å². The van der Waals surface area contributed by atoms with Crippen molar-refractivity contribution < 1.29 is 9.59 Å². The van der Waals surface area contributed by atoms with Gasteiger partial charge in [-0.2, -0.15) is 0 Å². The predicted octanol–water partition coefficient (Wildman–Crippen LogP) is 4.65. The van der Waals surface area contributed by atoms with Gasteiger partial charge < -0.3 is 0 Å². The van der Waals surface area contributed by atoms with Crippen molar-refractivity contribution in [3.63, 3.8) is 0 Å². The van der Waals surface area contributed by atoms with Crippen molar-refractivity contribution >= 4 is 17.5 Å². The Morgan fingerprint density at radius 1 is 0.759 bits per heavy atom. The number of para-hydroxylation sites is 1. The average molecular weight is 379 g/mol. The summed E-state index contributed by atoms with van der Waals surface area (Å²) in [6.45, 7) is 2.15. The lowest BCUT2D eigenvalue weighted by atomic mass is 9.46. The van der Waals surface area contributed by atoms with E-state index >= 15 is 0 Å². The van der Waals surface area contributed by atoms with Gasteiger partial charge in [-0.05, 0) is 40.8 Å². The lowest BCUT2D eigenvalue weighted by Crippen LogP contribution is -2.53. The van der Waals surface area contributed by atoms with Gasteiger partial charge in [-0.25, -0.2) is 4.90 Å². The van der Waals surface area contributed by atoms with Crippen molar-refractivity contribution in [3.05, 3.63) is 101 Å². The maximum absolute atomic E-state index is 13.8. The van der Waals surface area contributed by atoms with Crippen LogP contribution in [0.25, 0.3) is 0 Å². The summed E-state index contributed by atoms with van der Waals surface area (Å²) in [5.41, 5.74) is 5.10. The van der Waals surface area contributed by atoms with Gasteiger partial charge >= 0.3 is 0 Å². The van der Waals surface area contributed by atoms with Crippen molar-refractivity contribution in [2.45, 2.75) is 24.7 Å². The maximum atomic E-state index is 13.8. The van der Waals surface area contributed by atoms with Gasteiger partial charge in [-0.15, -0.1) is 0 Å². The summed E-state index contributed by atoms with van der Waals surface area (Å²) in [5.74, 6) is -0.867. The predicted molar refractivity (Wildman–Crippen MR) is 112 cm³/mol. The Morgan fingerprint density at radius 3 is 1.90 bits per heavy atom. The number of carbonyl (C=O) groups is 2. The number of rotatable bonds is 2. The number of anilines is 1. The van der Waals surface area contributed by atoms with Crippen LogP contribution in [0, 0.1) is 11.8 Å². The molecule has 0 aromatic heterocycles. The molecule has 2 bridgehead atoms. The first-order chi connectivity index (χ1) is 14.2. The summed E-state index contributed by atoms with van der Waals surface area (Å²) >= 11 is 0. The SMILES string of the molecule is CCC12c3ccccc3C(c3ccccc31)[C@@H]1C(=O)N(c3ccccc3)C(=O)[C@@H]12. The maximum Gasteiger partial charge on any atom is 0.238 e. The molecule has 2 atom stereocenters. The molecule has 1 fully saturated rings. The standard InChI is InChI=1S/C26H21NO2/c1-2-26-19-14-8-6-12-17(19)21(18-13-7-9-15-20(18)26)22-23(26)25(29)27(24(22)28)16-10-4-3-5-11-16/h3-15,21-23H,2H2,1H3/t21?,22-,23+,26?/m0/s1. The highest BCUT2D eigenvalue weighted by Gasteiger charge is 2.67. The molecule has 3 aromatic rings. The fraction of sp³-hybridized carbons (Fsp3) is 0.231. The minimum absolute atomic E-state index is 0.0537. The van der Waals surface area contributed by atoms with Crippen LogP contribution in [0.4, 0.5) is 5.69 Å². The molecule has 3 aliphatic carbocycles. The van der Waals surface area contributed by atoms with Crippen LogP contribution in [0.2, 0.25) is 0 Å². The second-order valence-corrected chi connectivity index (χ2v) is 8.33. The molecule has 3 heteroatoms. The molecule has 7 rings (SSSR count). The van der Waals surface area contributed by atoms with E-state index in [1.54, 1.807) is 0 Å². The van der Waals surface area contributed by atoms with Gasteiger partial charge in [0.15, 0.2) is 0 Å². The number of benzene rings is 3. The fourth-order valence-corrected chi connectivity index (χ4v) is 6.36. The average Bonchev–Trinajstić information content (AvgIpc) is 3.05. The monoisotopic (exact) mass is 379 g/mol. The van der Waals surface area contributed by atoms with Crippen molar-refractivity contribution in [2.24, 2.45) is 11.8 Å². The zero-order valence-corrected chi connectivity index (χ0v) is 16.2. The Morgan fingerprint density at radius 2 is 1.31 bits per heavy atom. The number of hydrogen-bond donors (Lipinski definition) is 0. The minimum atomic E-state index is -0.455. The molecule has 1 aliphatic heterocycles. The first-order valence-corrected chi connectivity index (χ1v) is 10.3. The first kappa shape index (κ1) is 16.7. The van der Waals surface area contributed by atoms with E-state index in [9.17, 15) is 9.59 Å². The Bertz CT molecular complexity index is 1120. The molecule has 0 radical (unpaired) electrons. The van der Waals surface area contributed by atoms with E-state index in [4.69, 9.17) is 0 Å². The number of hydrogen-bond acceptors (Lipinski definition) is 2. The molecule has 0 spiro atoms. The molecule has 0 unspecified atom stereocenters. The third-order valence-corrected chi connectivity index (χ3v) is 7.37. The summed E-state index contributed by atoms with van der Waals surface area (Å²) < 4.78 is 0. The second kappa shape index (κ2) is 5.66. The van der Waals surface area contributed by atoms with Gasteiger partial charge in [-0.3, -0.25) is 9.59 Å². The highest BCUT2D eigenvalue weighted by atomic mass is 16.2. The van der Waals surface area contributed by atoms with Crippen molar-refractivity contribution in [1.82, 2.24) is 0 Å². The second-order valence-electron chi connectivity index (χ2n) is 8.33. The Balaban J connectivity index is 1.66. The summed E-state index contributed by atoms with van der Waals surface area (Å²) in [6, 6.07) is 26.2. The number of imide groups is 1. The molecule has 3 nitrogen and oxygen atoms in total. The summed E-state index contributed by atoms with van der Waals surface area (Å²) in [4.78, 5) is 29.0. The van der Waals surface area contributed by atoms with Gasteiger partial charge in [0, 0.05) is 11.3 Å². The van der Waals surface area contributed by atoms with E-state index in [-0.39, 0.29) is 29.6 Å². The zero-order valence-electron chi connectivity index (χ0n) is 16.2. The Kier molecular flexibility index (Phi) is 3.27. The zero-order chi connectivity index (χ0) is 19.8. The lowest BCUT2D eigenvalue weighted by molar-refractivity contribution is -0.123. The van der Waals surface area contributed by atoms with Crippen molar-refractivity contribution in [3.8, 4) is 0 Å². The molecule has 4 aliphatic rings. The molecule has 0 saturated carbocycles. The molecule has 0 N–H and O–H groups in total. The quantitative estimate of drug-likeness (QED) is 0.608. The van der Waals surface area contributed by atoms with E-state index in [1.165, 1.54) is 27.2 Å². The van der Waals surface area contributed by atoms with Gasteiger partial charge in [0.1, 0.15) is 0 Å². The highest BCUT2D eigenvalue weighted by molar-refractivity contribution is 6.23. The van der Waals surface area contributed by atoms with Crippen LogP contribution in [-0.4, -0.2) is 11.8 Å². The largest absolute Gasteiger partial charge is 0.274 e. The molecule has 1 saturated heterocycles. The molecule has 2 amide bonds. The van der Waals surface area contributed by atoms with E-state index in [0.717, 1.165) is 6.42 Å². The molecule has 1 heterocycles. The Labute approximate surface area is 170 Å². The Hall–Kier alpha value is -3.20. The van der Waals surface area contributed by atoms with Gasteiger partial charge in [0.2, 0.25) is 11.8 Å². The van der Waals surface area contributed by atoms with Crippen molar-refractivity contribution in [2.75, 3.05) is 4.90 Å². The number of carbonyl (C=O) groups excluding carboxylic acids is 2. The molecule has 29 heavy (non-hydrogen) atoms. The number of nitrogens with zero attached hydrogens (tertiary/aromatic N) is 1. The molecular weight excluding hydrogens is 358 g/mol. The minimum Gasteiger partial charge on any atom is -0.274 e. The summed E-state index contributed by atoms with van der Waals surface area (Å²) in [7, 11) is 0. The molecular formula is C26H21NO2. The highest BCUT2D eigenvalue weighted by Crippen LogP contribution is 2.65. The third kappa shape index (κ3) is 1.84. The lowest BCUT2D eigenvalue weighted by Gasteiger charge is -2.54. The van der Waals surface area contributed by atoms with Gasteiger partial charge in [0.05, 0.1) is 17.5 Å². The van der Waals surface area contributed by atoms with Gasteiger partial charge in [0.25, 0.3) is 0 Å². The summed E-state index contributed by atoms with van der Waals surface area (Å²) in [6.07, 6.45) is 0.788. The van der Waals surface area contributed by atoms with E-state index in [0.29, 0.717) is 5.69 Å². The van der Waals surface area contributed by atoms with Gasteiger partial charge in [-0.1, -0.05) is 73.7 Å². The van der Waals surface area contributed by atoms with Crippen LogP contribution in [0.15, 0.2) is 78.9 Å². The molecule has 142 valence electrons. The van der Waals surface area contributed by atoms with Crippen LogP contribution in [-0.2, 0) is 15.0 Å². The van der Waals surface area contributed by atoms with E-state index < -0.39 is 5.41 Å². The normalized spacial score (nSPS) is 28.9. The van der Waals surface area contributed by atoms with Crippen LogP contribution < -0.4 is 4.90 Å². The topological polar surface area (TPSA) is 37.4 Å². The van der Waals surface area contributed by atoms with Crippen LogP contribution >= 0.6 is 0 Å². The molecule has 3 aromatic carbocycles. The van der Waals surface area contributed by atoms with Crippen LogP contribution in [0.1, 0.15) is 41.5 Å². The van der Waals surface area contributed by atoms with Crippen molar-refractivity contribution in [1.29, 1.82) is 0 Å². The fourth-order valence-electron chi connectivity index (χ4n) is 6.36. The van der Waals surface area contributed by atoms with Crippen LogP contribution in [0.3, 0.4) is 0 Å². The number of amides is 2. The van der Waals surface area contributed by atoms with E-state index in [2.05, 4.69) is 55.5 Å². The summed E-state index contributed by atoms with van der Waals surface area (Å²) in [5, 5.41) is 0. The first-order valence-electron chi connectivity index (χ1n) is 10.3. The smallest absolute Gasteiger partial charge is 0.238 e. The van der Waals surface area contributed by atoms with Crippen LogP contribution in [0.5, 0.6) is 0 Å². The third-order valence-electron chi connectivity index (χ3n) is 7.37.